The van der Waals surface area contributed by atoms with Crippen molar-refractivity contribution in [2.45, 2.75) is 135 Å². The molecular weight excluding hydrogens is 1010 g/mol. The third kappa shape index (κ3) is 11.7. The van der Waals surface area contributed by atoms with Crippen LogP contribution in [-0.2, 0) is 33.8 Å². The molecule has 1 amide bonds. The number of likely N-dealkylation sites (tertiary alicyclic amines) is 2. The first-order chi connectivity index (χ1) is 36.4. The number of esters is 1. The first kappa shape index (κ1) is 57.4. The van der Waals surface area contributed by atoms with Gasteiger partial charge in [-0.05, 0) is 50.8 Å². The van der Waals surface area contributed by atoms with E-state index in [2.05, 4.69) is 33.8 Å². The lowest BCUT2D eigenvalue weighted by molar-refractivity contribution is -0.164. The van der Waals surface area contributed by atoms with E-state index < -0.39 is 98.7 Å². The Morgan fingerprint density at radius 2 is 1.58 bits per heavy atom. The minimum absolute atomic E-state index is 0.0258. The van der Waals surface area contributed by atoms with Crippen LogP contribution >= 0.6 is 0 Å². The number of Topliss-reactive ketones (excluding diaryl/α,β-unsaturated/α-hetero) is 1. The number of aliphatic hydroxyl groups is 2. The summed E-state index contributed by atoms with van der Waals surface area (Å²) in [7, 11) is -2.28. The van der Waals surface area contributed by atoms with Gasteiger partial charge in [0.15, 0.2) is 5.75 Å². The second kappa shape index (κ2) is 22.9. The maximum absolute atomic E-state index is 15.0. The van der Waals surface area contributed by atoms with Crippen molar-refractivity contribution in [3.8, 4) is 17.2 Å². The number of rotatable bonds is 9. The van der Waals surface area contributed by atoms with E-state index in [-0.39, 0.29) is 61.4 Å². The molecule has 6 heterocycles. The molecule has 3 aromatic carbocycles. The zero-order chi connectivity index (χ0) is 55.9. The third-order valence-electron chi connectivity index (χ3n) is 16.2. The average molecular weight is 1090 g/mol. The van der Waals surface area contributed by atoms with E-state index in [9.17, 15) is 43.2 Å². The van der Waals surface area contributed by atoms with Gasteiger partial charge in [-0.25, -0.2) is 18.1 Å². The van der Waals surface area contributed by atoms with Crippen LogP contribution in [0.15, 0.2) is 81.4 Å². The summed E-state index contributed by atoms with van der Waals surface area (Å²) in [5.74, 6) is -7.19. The molecule has 0 unspecified atom stereocenters. The highest BCUT2D eigenvalue weighted by molar-refractivity contribution is 7.89. The number of hydrogen-bond acceptors (Lipinski definition) is 17. The number of benzene rings is 3. The fourth-order valence-electron chi connectivity index (χ4n) is 11.5. The van der Waals surface area contributed by atoms with Crippen molar-refractivity contribution in [2.24, 2.45) is 39.6 Å². The standard InChI is InChI=1S/C57H76N6O13S/c1-31(2)29-63-26-22-57(23-27-63)59-45-42-43-50(67)37(8)53-44(42)54(69)56(9,76-53)74-28-21-40(73-10)34(5)52(75-41(64)30-62-24-19-38(20-25-62)61-77(71,72)39-17-12-11-13-18-39)36(7)49(66)35(6)48(65)32(3)15-14-16-33(4)55(70)58-47(51(43)68)46(45)60-57/h11-18,21,28,31-32,34-36,38,40,48-49,52,59,61,65-68H,19-20,22-27,29-30H2,1-10H3/b15-14+,28-21+,33-16-,58-47?/t32-,34+,35+,36+,40-,48-,49+,52+,56-/m0/s1. The summed E-state index contributed by atoms with van der Waals surface area (Å²) in [4.78, 5) is 57.1. The number of piperidine rings is 2. The van der Waals surface area contributed by atoms with Crippen LogP contribution in [0.1, 0.15) is 97.0 Å². The molecule has 19 nitrogen and oxygen atoms in total. The fourth-order valence-corrected chi connectivity index (χ4v) is 12.8. The minimum Gasteiger partial charge on any atom is -0.507 e. The second-order valence-electron chi connectivity index (χ2n) is 22.3. The van der Waals surface area contributed by atoms with Crippen molar-refractivity contribution >= 4 is 44.1 Å². The number of ketones is 1. The van der Waals surface area contributed by atoms with Crippen molar-refractivity contribution in [1.29, 1.82) is 0 Å². The van der Waals surface area contributed by atoms with Crippen LogP contribution in [-0.4, -0.2) is 145 Å². The number of phenolic OH excluding ortho intramolecular Hbond substituents is 2. The predicted molar refractivity (Wildman–Crippen MR) is 288 cm³/mol. The first-order valence-corrected chi connectivity index (χ1v) is 28.3. The molecule has 9 atom stereocenters. The van der Waals surface area contributed by atoms with Crippen LogP contribution in [0.3, 0.4) is 0 Å². The molecule has 0 saturated carbocycles. The lowest BCUT2D eigenvalue weighted by Crippen LogP contribution is -2.49. The molecule has 2 saturated heterocycles. The molecule has 5 bridgehead atoms. The highest BCUT2D eigenvalue weighted by atomic mass is 32.2. The van der Waals surface area contributed by atoms with E-state index in [0.717, 1.165) is 6.54 Å². The van der Waals surface area contributed by atoms with Gasteiger partial charge in [0.05, 0.1) is 52.7 Å². The Morgan fingerprint density at radius 1 is 0.909 bits per heavy atom. The van der Waals surface area contributed by atoms with Gasteiger partial charge in [0.1, 0.15) is 34.0 Å². The van der Waals surface area contributed by atoms with Crippen LogP contribution in [0.25, 0.3) is 10.8 Å². The van der Waals surface area contributed by atoms with Crippen LogP contribution in [0.2, 0.25) is 0 Å². The van der Waals surface area contributed by atoms with Crippen molar-refractivity contribution in [3.05, 3.63) is 88.3 Å². The molecule has 1 spiro atoms. The maximum Gasteiger partial charge on any atom is 0.320 e. The van der Waals surface area contributed by atoms with Gasteiger partial charge >= 0.3 is 11.8 Å². The van der Waals surface area contributed by atoms with Crippen LogP contribution in [0.4, 0.5) is 5.69 Å². The van der Waals surface area contributed by atoms with Crippen molar-refractivity contribution in [1.82, 2.24) is 14.5 Å². The Morgan fingerprint density at radius 3 is 2.23 bits per heavy atom. The third-order valence-corrected chi connectivity index (χ3v) is 17.7. The van der Waals surface area contributed by atoms with Crippen LogP contribution < -0.4 is 25.5 Å². The van der Waals surface area contributed by atoms with Crippen molar-refractivity contribution < 1.29 is 62.2 Å². The molecule has 6 aliphatic heterocycles. The van der Waals surface area contributed by atoms with Gasteiger partial charge in [0, 0.05) is 106 Å². The molecule has 6 N–H and O–H groups in total. The number of phenols is 2. The van der Waals surface area contributed by atoms with Gasteiger partial charge in [0.25, 0.3) is 11.7 Å². The number of nitrogens with zero attached hydrogens (tertiary/aromatic N) is 4. The molecule has 0 radical (unpaired) electrons. The summed E-state index contributed by atoms with van der Waals surface area (Å²) in [5, 5.41) is 51.5. The number of ether oxygens (including phenoxy) is 4. The van der Waals surface area contributed by atoms with E-state index in [1.807, 2.05) is 4.90 Å². The first-order valence-electron chi connectivity index (χ1n) is 26.8. The molecule has 0 aliphatic carbocycles. The fraction of sp³-hybridized carbons (Fsp3) is 0.561. The molecule has 6 aliphatic rings. The number of anilines is 1. The molecule has 0 aromatic heterocycles. The number of aliphatic hydroxyl groups excluding tert-OH is 2. The summed E-state index contributed by atoms with van der Waals surface area (Å²) in [6, 6.07) is 7.80. The molecule has 3 aromatic rings. The summed E-state index contributed by atoms with van der Waals surface area (Å²) >= 11 is 0. The average Bonchev–Trinajstić information content (AvgIpc) is 3.95. The molecule has 2 fully saturated rings. The van der Waals surface area contributed by atoms with Crippen LogP contribution in [0.5, 0.6) is 17.2 Å². The Labute approximate surface area is 450 Å². The van der Waals surface area contributed by atoms with Gasteiger partial charge < -0.3 is 49.6 Å². The smallest absolute Gasteiger partial charge is 0.320 e. The van der Waals surface area contributed by atoms with E-state index in [0.29, 0.717) is 63.5 Å². The maximum atomic E-state index is 15.0. The number of carbonyl (C=O) groups is 3. The second-order valence-corrected chi connectivity index (χ2v) is 24.1. The number of sulfonamides is 1. The molecule has 20 heteroatoms. The number of methoxy groups -OCH3 is 1. The molecular formula is C57H76N6O13S. The largest absolute Gasteiger partial charge is 0.507 e. The number of allylic oxidation sites excluding steroid dienone is 2. The van der Waals surface area contributed by atoms with Crippen LogP contribution in [0, 0.1) is 36.5 Å². The van der Waals surface area contributed by atoms with Gasteiger partial charge in [-0.15, -0.1) is 0 Å². The topological polar surface area (TPSA) is 258 Å². The van der Waals surface area contributed by atoms with E-state index in [1.165, 1.54) is 38.5 Å². The number of aromatic hydroxyl groups is 2. The summed E-state index contributed by atoms with van der Waals surface area (Å²) < 4.78 is 53.7. The van der Waals surface area contributed by atoms with E-state index in [1.54, 1.807) is 78.0 Å². The van der Waals surface area contributed by atoms with E-state index in [4.69, 9.17) is 23.9 Å². The monoisotopic (exact) mass is 1080 g/mol. The zero-order valence-corrected chi connectivity index (χ0v) is 46.6. The highest BCUT2D eigenvalue weighted by Crippen LogP contribution is 2.51. The number of fused-ring (bicyclic) bond motifs is 13. The lowest BCUT2D eigenvalue weighted by Gasteiger charge is -2.38. The SMILES string of the molecule is CO[C@H]1/C=C/O[C@@]2(C)Oc3c(C)c(O)c4c(O)c(c5c(c4c3C2=O)NC2(CCN(CC(C)C)CC2)N=5)=NC(=O)/C(C)=C\C=C\[C@H](C)[C@H](O)[C@@H](C)[C@@H](O)[C@@H](C)[C@H](OC(=O)CN2CCC(NS(=O)(=O)c3ccccc3)CC2)[C@@H]1C. The zero-order valence-electron chi connectivity index (χ0n) is 45.8. The molecule has 418 valence electrons. The van der Waals surface area contributed by atoms with Gasteiger partial charge in [-0.3, -0.25) is 24.3 Å². The van der Waals surface area contributed by atoms with E-state index >= 15 is 0 Å². The van der Waals surface area contributed by atoms with Gasteiger partial charge in [-0.2, -0.15) is 0 Å². The quantitative estimate of drug-likeness (QED) is 0.119. The predicted octanol–water partition coefficient (Wildman–Crippen LogP) is 5.17. The van der Waals surface area contributed by atoms with Gasteiger partial charge in [0.2, 0.25) is 10.0 Å². The molecule has 9 rings (SSSR count). The molecule has 77 heavy (non-hydrogen) atoms. The Balaban J connectivity index is 1.13. The number of carbonyl (C=O) groups excluding carboxylic acids is 3. The number of amides is 1. The number of hydrogen-bond donors (Lipinski definition) is 6. The number of nitrogens with one attached hydrogen (secondary N) is 2. The Hall–Kier alpha value is -5.74. The Bertz CT molecular complexity index is 3080. The Kier molecular flexibility index (Phi) is 17.1. The van der Waals surface area contributed by atoms with Crippen molar-refractivity contribution in [2.75, 3.05) is 51.7 Å². The minimum atomic E-state index is -3.73. The van der Waals surface area contributed by atoms with Gasteiger partial charge in [-0.1, -0.05) is 78.0 Å². The summed E-state index contributed by atoms with van der Waals surface area (Å²) in [6.07, 6.45) is 5.48. The summed E-state index contributed by atoms with van der Waals surface area (Å²) in [5.41, 5.74) is -0.248. The highest BCUT2D eigenvalue weighted by Gasteiger charge is 2.51. The normalized spacial score (nSPS) is 30.2. The lowest BCUT2D eigenvalue weighted by atomic mass is 9.78. The summed E-state index contributed by atoms with van der Waals surface area (Å²) in [6.45, 7) is 18.9. The van der Waals surface area contributed by atoms with Crippen molar-refractivity contribution in [3.63, 3.8) is 0 Å².